The van der Waals surface area contributed by atoms with Crippen LogP contribution in [0.25, 0.3) is 22.3 Å². The van der Waals surface area contributed by atoms with Crippen molar-refractivity contribution in [2.45, 2.75) is 30.7 Å². The Balaban J connectivity index is 1.51. The van der Waals surface area contributed by atoms with E-state index in [1.165, 1.54) is 24.5 Å². The zero-order chi connectivity index (χ0) is 22.2. The fourth-order valence-corrected chi connectivity index (χ4v) is 4.74. The first kappa shape index (κ1) is 20.6. The monoisotopic (exact) mass is 447 g/mol. The number of fused-ring (bicyclic) bond motifs is 1. The molecule has 0 saturated carbocycles. The number of carbonyl (C=O) groups excluding carboxylic acids is 1. The topological polar surface area (TPSA) is 74.8 Å². The number of hydrogen-bond acceptors (Lipinski definition) is 5. The molecule has 8 heteroatoms. The Labute approximate surface area is 189 Å². The first-order valence-corrected chi connectivity index (χ1v) is 11.7. The molecule has 1 N–H and O–H groups in total. The molecular formula is C24H22FN5OS. The fourth-order valence-electron chi connectivity index (χ4n) is 4.30. The van der Waals surface area contributed by atoms with Gasteiger partial charge in [0.05, 0.1) is 17.1 Å². The molecule has 1 aliphatic rings. The van der Waals surface area contributed by atoms with Crippen molar-refractivity contribution in [3.8, 4) is 11.3 Å². The average molecular weight is 448 g/mol. The first-order chi connectivity index (χ1) is 15.5. The Kier molecular flexibility index (Phi) is 5.38. The summed E-state index contributed by atoms with van der Waals surface area (Å²) in [4.78, 5) is 33.4. The number of rotatable bonds is 4. The molecule has 1 saturated heterocycles. The number of halogens is 1. The molecule has 162 valence electrons. The van der Waals surface area contributed by atoms with E-state index in [1.54, 1.807) is 16.7 Å². The van der Waals surface area contributed by atoms with E-state index in [1.807, 2.05) is 31.4 Å². The molecule has 1 aliphatic heterocycles. The van der Waals surface area contributed by atoms with E-state index in [0.29, 0.717) is 17.8 Å². The van der Waals surface area contributed by atoms with Crippen LogP contribution in [-0.2, 0) is 0 Å². The summed E-state index contributed by atoms with van der Waals surface area (Å²) in [5.74, 6) is 0.189. The summed E-state index contributed by atoms with van der Waals surface area (Å²) in [5.41, 5.74) is 3.76. The van der Waals surface area contributed by atoms with Gasteiger partial charge >= 0.3 is 0 Å². The molecule has 1 fully saturated rings. The highest BCUT2D eigenvalue weighted by Crippen LogP contribution is 2.34. The number of nitrogens with zero attached hydrogens (tertiary/aromatic N) is 4. The minimum atomic E-state index is -0.366. The number of aromatic amines is 1. The summed E-state index contributed by atoms with van der Waals surface area (Å²) < 4.78 is 14.0. The normalized spacial score (nSPS) is 16.1. The molecular weight excluding hydrogens is 425 g/mol. The minimum Gasteiger partial charge on any atom is -0.340 e. The van der Waals surface area contributed by atoms with Crippen LogP contribution in [0.15, 0.2) is 53.7 Å². The third kappa shape index (κ3) is 3.75. The van der Waals surface area contributed by atoms with Crippen LogP contribution in [-0.4, -0.2) is 43.5 Å². The second-order valence-electron chi connectivity index (χ2n) is 7.93. The molecule has 0 unspecified atom stereocenters. The van der Waals surface area contributed by atoms with E-state index in [-0.39, 0.29) is 23.5 Å². The lowest BCUT2D eigenvalue weighted by Crippen LogP contribution is -2.32. The number of thioether (sulfide) groups is 1. The maximum Gasteiger partial charge on any atom is 0.275 e. The third-order valence-corrected chi connectivity index (χ3v) is 6.48. The lowest BCUT2D eigenvalue weighted by Gasteiger charge is -2.23. The van der Waals surface area contributed by atoms with Gasteiger partial charge in [0.15, 0.2) is 5.69 Å². The summed E-state index contributed by atoms with van der Waals surface area (Å²) >= 11 is 1.68. The van der Waals surface area contributed by atoms with Gasteiger partial charge in [0.1, 0.15) is 17.3 Å². The van der Waals surface area contributed by atoms with Crippen molar-refractivity contribution in [3.05, 3.63) is 71.7 Å². The number of nitrogens with one attached hydrogen (secondary N) is 1. The molecule has 2 aromatic carbocycles. The number of imidazole rings is 1. The zero-order valence-electron chi connectivity index (χ0n) is 17.8. The predicted octanol–water partition coefficient (Wildman–Crippen LogP) is 5.17. The SMILES string of the molecule is CSc1ccc2nc([C@@H]3CCCN3C(=O)c3nccnc3-c3cc(C)cc(F)c3)[nH]c2c1. The minimum absolute atomic E-state index is 0.170. The van der Waals surface area contributed by atoms with Crippen molar-refractivity contribution in [2.75, 3.05) is 12.8 Å². The van der Waals surface area contributed by atoms with Gasteiger partial charge in [0.25, 0.3) is 5.91 Å². The molecule has 0 spiro atoms. The summed E-state index contributed by atoms with van der Waals surface area (Å²) in [6.07, 6.45) is 6.75. The molecule has 6 nitrogen and oxygen atoms in total. The number of aryl methyl sites for hydroxylation is 1. The maximum absolute atomic E-state index is 14.0. The Bertz CT molecular complexity index is 1300. The van der Waals surface area contributed by atoms with Crippen molar-refractivity contribution in [3.63, 3.8) is 0 Å². The van der Waals surface area contributed by atoms with E-state index in [2.05, 4.69) is 21.0 Å². The first-order valence-electron chi connectivity index (χ1n) is 10.5. The molecule has 0 bridgehead atoms. The van der Waals surface area contributed by atoms with Crippen LogP contribution < -0.4 is 0 Å². The Morgan fingerprint density at radius 2 is 2.03 bits per heavy atom. The smallest absolute Gasteiger partial charge is 0.275 e. The highest BCUT2D eigenvalue weighted by molar-refractivity contribution is 7.98. The summed E-state index contributed by atoms with van der Waals surface area (Å²) in [7, 11) is 0. The van der Waals surface area contributed by atoms with Crippen LogP contribution >= 0.6 is 11.8 Å². The van der Waals surface area contributed by atoms with Gasteiger partial charge < -0.3 is 9.88 Å². The molecule has 1 atom stereocenters. The Hall–Kier alpha value is -3.26. The van der Waals surface area contributed by atoms with Gasteiger partial charge in [0.2, 0.25) is 0 Å². The van der Waals surface area contributed by atoms with Crippen LogP contribution in [0.2, 0.25) is 0 Å². The molecule has 3 heterocycles. The number of carbonyl (C=O) groups is 1. The van der Waals surface area contributed by atoms with E-state index in [0.717, 1.165) is 40.2 Å². The quantitative estimate of drug-likeness (QED) is 0.437. The van der Waals surface area contributed by atoms with Crippen LogP contribution in [0.5, 0.6) is 0 Å². The summed E-state index contributed by atoms with van der Waals surface area (Å²) in [6.45, 7) is 2.42. The van der Waals surface area contributed by atoms with E-state index >= 15 is 0 Å². The number of benzene rings is 2. The molecule has 0 radical (unpaired) electrons. The fraction of sp³-hybridized carbons (Fsp3) is 0.250. The van der Waals surface area contributed by atoms with E-state index in [9.17, 15) is 9.18 Å². The molecule has 1 amide bonds. The maximum atomic E-state index is 14.0. The standard InChI is InChI=1S/C24H22FN5OS/c1-14-10-15(12-16(25)11-14)21-22(27-8-7-26-21)24(31)30-9-3-4-20(30)23-28-18-6-5-17(32-2)13-19(18)29-23/h5-8,10-13,20H,3-4,9H2,1-2H3,(H,28,29)/t20-/m0/s1. The highest BCUT2D eigenvalue weighted by atomic mass is 32.2. The van der Waals surface area contributed by atoms with Gasteiger partial charge in [-0.15, -0.1) is 11.8 Å². The average Bonchev–Trinajstić information content (AvgIpc) is 3.44. The second kappa shape index (κ2) is 8.35. The van der Waals surface area contributed by atoms with Crippen LogP contribution in [0.1, 0.15) is 40.8 Å². The summed E-state index contributed by atoms with van der Waals surface area (Å²) in [5, 5.41) is 0. The van der Waals surface area contributed by atoms with Crippen molar-refractivity contribution < 1.29 is 9.18 Å². The second-order valence-corrected chi connectivity index (χ2v) is 8.81. The molecule has 5 rings (SSSR count). The van der Waals surface area contributed by atoms with Crippen molar-refractivity contribution in [1.82, 2.24) is 24.8 Å². The van der Waals surface area contributed by atoms with Crippen molar-refractivity contribution >= 4 is 28.7 Å². The number of aromatic nitrogens is 4. The van der Waals surface area contributed by atoms with Crippen molar-refractivity contribution in [1.29, 1.82) is 0 Å². The number of amides is 1. The van der Waals surface area contributed by atoms with Gasteiger partial charge in [-0.05, 0) is 68.0 Å². The van der Waals surface area contributed by atoms with Gasteiger partial charge in [-0.25, -0.2) is 14.4 Å². The Morgan fingerprint density at radius 3 is 2.84 bits per heavy atom. The zero-order valence-corrected chi connectivity index (χ0v) is 18.6. The number of hydrogen-bond donors (Lipinski definition) is 1. The number of likely N-dealkylation sites (tertiary alicyclic amines) is 1. The predicted molar refractivity (Wildman–Crippen MR) is 123 cm³/mol. The highest BCUT2D eigenvalue weighted by Gasteiger charge is 2.34. The third-order valence-electron chi connectivity index (χ3n) is 5.75. The molecule has 32 heavy (non-hydrogen) atoms. The lowest BCUT2D eigenvalue weighted by molar-refractivity contribution is 0.0725. The van der Waals surface area contributed by atoms with Gasteiger partial charge in [-0.1, -0.05) is 0 Å². The largest absolute Gasteiger partial charge is 0.340 e. The van der Waals surface area contributed by atoms with Crippen molar-refractivity contribution in [2.24, 2.45) is 0 Å². The lowest BCUT2D eigenvalue weighted by atomic mass is 10.1. The number of H-pyrrole nitrogens is 1. The van der Waals surface area contributed by atoms with E-state index in [4.69, 9.17) is 4.98 Å². The van der Waals surface area contributed by atoms with Crippen LogP contribution in [0.3, 0.4) is 0 Å². The Morgan fingerprint density at radius 1 is 1.19 bits per heavy atom. The molecule has 4 aromatic rings. The van der Waals surface area contributed by atoms with Crippen LogP contribution in [0.4, 0.5) is 4.39 Å². The summed E-state index contributed by atoms with van der Waals surface area (Å²) in [6, 6.07) is 10.6. The molecule has 0 aliphatic carbocycles. The van der Waals surface area contributed by atoms with Crippen LogP contribution in [0, 0.1) is 12.7 Å². The van der Waals surface area contributed by atoms with Gasteiger partial charge in [-0.2, -0.15) is 0 Å². The van der Waals surface area contributed by atoms with E-state index < -0.39 is 0 Å². The molecule has 2 aromatic heterocycles. The van der Waals surface area contributed by atoms with Gasteiger partial charge in [0, 0.05) is 29.4 Å². The van der Waals surface area contributed by atoms with Gasteiger partial charge in [-0.3, -0.25) is 9.78 Å².